The summed E-state index contributed by atoms with van der Waals surface area (Å²) >= 11 is 0. The van der Waals surface area contributed by atoms with E-state index in [-0.39, 0.29) is 25.5 Å². The zero-order valence-electron chi connectivity index (χ0n) is 18.5. The number of hydrogen-bond donors (Lipinski definition) is 3. The summed E-state index contributed by atoms with van der Waals surface area (Å²) < 4.78 is 21.8. The van der Waals surface area contributed by atoms with Crippen LogP contribution in [0.1, 0.15) is 35.7 Å². The number of aromatic amines is 1. The highest BCUT2D eigenvalue weighted by Gasteiger charge is 2.18. The van der Waals surface area contributed by atoms with Crippen LogP contribution in [0.15, 0.2) is 41.2 Å². The number of aromatic nitrogens is 1. The summed E-state index contributed by atoms with van der Waals surface area (Å²) in [5, 5.41) is 13.4. The van der Waals surface area contributed by atoms with Crippen LogP contribution >= 0.6 is 0 Å². The molecule has 9 nitrogen and oxygen atoms in total. The van der Waals surface area contributed by atoms with Crippen molar-refractivity contribution in [1.29, 1.82) is 0 Å². The minimum Gasteiger partial charge on any atom is -0.493 e. The Labute approximate surface area is 190 Å². The molecule has 0 spiro atoms. The summed E-state index contributed by atoms with van der Waals surface area (Å²) in [5.41, 5.74) is 0.634. The van der Waals surface area contributed by atoms with Crippen molar-refractivity contribution in [2.24, 2.45) is 0 Å². The molecule has 2 aromatic carbocycles. The van der Waals surface area contributed by atoms with Crippen LogP contribution in [0, 0.1) is 0 Å². The second-order valence-corrected chi connectivity index (χ2v) is 7.70. The number of carbonyl (C=O) groups is 1. The molecule has 33 heavy (non-hydrogen) atoms. The van der Waals surface area contributed by atoms with Crippen molar-refractivity contribution in [3.8, 4) is 23.0 Å². The molecule has 0 radical (unpaired) electrons. The summed E-state index contributed by atoms with van der Waals surface area (Å²) in [5.74, 6) is 1.51. The van der Waals surface area contributed by atoms with Crippen LogP contribution in [0.3, 0.4) is 0 Å². The standard InChI is InChI=1S/C24H26N2O7/c1-3-4-16(27)12-31-22-19(30-2)8-6-15-10-17(24(29)26-21(15)22)23(28)25-11-14-5-7-18-20(9-14)33-13-32-18/h5-10,16,27H,3-4,11-13H2,1-2H3,(H,25,28)(H,26,29). The molecule has 0 saturated heterocycles. The van der Waals surface area contributed by atoms with E-state index < -0.39 is 17.6 Å². The molecular weight excluding hydrogens is 428 g/mol. The van der Waals surface area contributed by atoms with Crippen LogP contribution in [0.4, 0.5) is 0 Å². The molecular formula is C24H26N2O7. The highest BCUT2D eigenvalue weighted by molar-refractivity contribution is 5.98. The predicted octanol–water partition coefficient (Wildman–Crippen LogP) is 2.74. The lowest BCUT2D eigenvalue weighted by Gasteiger charge is -2.16. The first-order valence-corrected chi connectivity index (χ1v) is 10.7. The van der Waals surface area contributed by atoms with Gasteiger partial charge in [-0.1, -0.05) is 19.4 Å². The quantitative estimate of drug-likeness (QED) is 0.455. The lowest BCUT2D eigenvalue weighted by Crippen LogP contribution is -2.29. The smallest absolute Gasteiger partial charge is 0.261 e. The monoisotopic (exact) mass is 454 g/mol. The Bertz CT molecular complexity index is 1220. The van der Waals surface area contributed by atoms with Crippen molar-refractivity contribution in [1.82, 2.24) is 10.3 Å². The molecule has 174 valence electrons. The van der Waals surface area contributed by atoms with Gasteiger partial charge in [-0.3, -0.25) is 9.59 Å². The number of rotatable bonds is 9. The van der Waals surface area contributed by atoms with Crippen LogP contribution in [0.25, 0.3) is 10.9 Å². The fourth-order valence-corrected chi connectivity index (χ4v) is 3.63. The third-order valence-electron chi connectivity index (χ3n) is 5.33. The Kier molecular flexibility index (Phi) is 6.69. The maximum Gasteiger partial charge on any atom is 0.261 e. The number of aliphatic hydroxyl groups excluding tert-OH is 1. The van der Waals surface area contributed by atoms with E-state index in [0.29, 0.717) is 40.3 Å². The molecule has 1 aliphatic rings. The average molecular weight is 454 g/mol. The fraction of sp³-hybridized carbons (Fsp3) is 0.333. The molecule has 1 unspecified atom stereocenters. The van der Waals surface area contributed by atoms with Crippen molar-refractivity contribution in [2.45, 2.75) is 32.4 Å². The molecule has 0 bridgehead atoms. The van der Waals surface area contributed by atoms with Gasteiger partial charge >= 0.3 is 0 Å². The molecule has 0 saturated carbocycles. The molecule has 9 heteroatoms. The Balaban J connectivity index is 1.55. The SMILES string of the molecule is CCCC(O)COc1c(OC)ccc2cc(C(=O)NCc3ccc4c(c3)OCO4)c(=O)[nH]c12. The molecule has 0 fully saturated rings. The van der Waals surface area contributed by atoms with Gasteiger partial charge in [0.15, 0.2) is 23.0 Å². The minimum atomic E-state index is -0.636. The summed E-state index contributed by atoms with van der Waals surface area (Å²) in [6, 6.07) is 10.3. The number of amides is 1. The Morgan fingerprint density at radius 1 is 1.21 bits per heavy atom. The number of fused-ring (bicyclic) bond motifs is 2. The molecule has 3 N–H and O–H groups in total. The molecule has 1 amide bonds. The zero-order chi connectivity index (χ0) is 23.4. The van der Waals surface area contributed by atoms with E-state index in [1.807, 2.05) is 13.0 Å². The van der Waals surface area contributed by atoms with Gasteiger partial charge in [-0.15, -0.1) is 0 Å². The van der Waals surface area contributed by atoms with Crippen LogP contribution < -0.4 is 29.8 Å². The normalized spacial score (nSPS) is 13.1. The van der Waals surface area contributed by atoms with Crippen molar-refractivity contribution in [3.05, 3.63) is 57.9 Å². The lowest BCUT2D eigenvalue weighted by atomic mass is 10.1. The molecule has 1 aromatic heterocycles. The molecule has 0 aliphatic carbocycles. The van der Waals surface area contributed by atoms with E-state index in [0.717, 1.165) is 12.0 Å². The van der Waals surface area contributed by atoms with E-state index in [9.17, 15) is 14.7 Å². The topological polar surface area (TPSA) is 119 Å². The van der Waals surface area contributed by atoms with Gasteiger partial charge in [-0.25, -0.2) is 0 Å². The van der Waals surface area contributed by atoms with Gasteiger partial charge in [0, 0.05) is 11.9 Å². The third-order valence-corrected chi connectivity index (χ3v) is 5.33. The highest BCUT2D eigenvalue weighted by Crippen LogP contribution is 2.34. The van der Waals surface area contributed by atoms with Gasteiger partial charge in [-0.2, -0.15) is 0 Å². The summed E-state index contributed by atoms with van der Waals surface area (Å²) in [7, 11) is 1.49. The largest absolute Gasteiger partial charge is 0.493 e. The maximum atomic E-state index is 12.7. The van der Waals surface area contributed by atoms with E-state index in [1.54, 1.807) is 24.3 Å². The number of hydrogen-bond acceptors (Lipinski definition) is 7. The van der Waals surface area contributed by atoms with Crippen LogP contribution in [0.2, 0.25) is 0 Å². The molecule has 3 aromatic rings. The minimum absolute atomic E-state index is 0.0228. The molecule has 1 aliphatic heterocycles. The van der Waals surface area contributed by atoms with Crippen LogP contribution in [0.5, 0.6) is 23.0 Å². The van der Waals surface area contributed by atoms with Crippen molar-refractivity contribution in [3.63, 3.8) is 0 Å². The fourth-order valence-electron chi connectivity index (χ4n) is 3.63. The second kappa shape index (κ2) is 9.83. The molecule has 2 heterocycles. The predicted molar refractivity (Wildman–Crippen MR) is 121 cm³/mol. The molecule has 4 rings (SSSR count). The number of aliphatic hydroxyl groups is 1. The third kappa shape index (κ3) is 4.88. The van der Waals surface area contributed by atoms with Gasteiger partial charge in [0.05, 0.1) is 18.7 Å². The van der Waals surface area contributed by atoms with E-state index in [2.05, 4.69) is 10.3 Å². The van der Waals surface area contributed by atoms with E-state index in [1.165, 1.54) is 13.2 Å². The molecule has 1 atom stereocenters. The number of benzene rings is 2. The lowest BCUT2D eigenvalue weighted by molar-refractivity contribution is 0.0949. The van der Waals surface area contributed by atoms with Crippen LogP contribution in [-0.4, -0.2) is 42.6 Å². The van der Waals surface area contributed by atoms with Crippen molar-refractivity contribution >= 4 is 16.8 Å². The van der Waals surface area contributed by atoms with Gasteiger partial charge in [0.2, 0.25) is 6.79 Å². The first kappa shape index (κ1) is 22.5. The van der Waals surface area contributed by atoms with Gasteiger partial charge < -0.3 is 34.4 Å². The van der Waals surface area contributed by atoms with Crippen LogP contribution in [-0.2, 0) is 6.54 Å². The number of carbonyl (C=O) groups excluding carboxylic acids is 1. The first-order chi connectivity index (χ1) is 16.0. The zero-order valence-corrected chi connectivity index (χ0v) is 18.5. The van der Waals surface area contributed by atoms with E-state index >= 15 is 0 Å². The van der Waals surface area contributed by atoms with Gasteiger partial charge in [-0.05, 0) is 42.3 Å². The van der Waals surface area contributed by atoms with Crippen molar-refractivity contribution in [2.75, 3.05) is 20.5 Å². The summed E-state index contributed by atoms with van der Waals surface area (Å²) in [6.07, 6.45) is 0.777. The van der Waals surface area contributed by atoms with Gasteiger partial charge in [0.25, 0.3) is 11.5 Å². The number of pyridine rings is 1. The summed E-state index contributed by atoms with van der Waals surface area (Å²) in [6.45, 7) is 2.42. The highest BCUT2D eigenvalue weighted by atomic mass is 16.7. The summed E-state index contributed by atoms with van der Waals surface area (Å²) in [4.78, 5) is 28.2. The Hall–Kier alpha value is -3.72. The second-order valence-electron chi connectivity index (χ2n) is 7.70. The maximum absolute atomic E-state index is 12.7. The van der Waals surface area contributed by atoms with Gasteiger partial charge in [0.1, 0.15) is 12.2 Å². The number of nitrogens with one attached hydrogen (secondary N) is 2. The number of ether oxygens (including phenoxy) is 4. The Morgan fingerprint density at radius 2 is 2.03 bits per heavy atom. The van der Waals surface area contributed by atoms with E-state index in [4.69, 9.17) is 18.9 Å². The van der Waals surface area contributed by atoms with Crippen molar-refractivity contribution < 1.29 is 28.8 Å². The average Bonchev–Trinajstić information content (AvgIpc) is 3.28. The number of methoxy groups -OCH3 is 1. The first-order valence-electron chi connectivity index (χ1n) is 10.7. The Morgan fingerprint density at radius 3 is 2.82 bits per heavy atom. The number of H-pyrrole nitrogens is 1.